The number of cyclic esters (lactones) is 1. The molecule has 6 nitrogen and oxygen atoms in total. The summed E-state index contributed by atoms with van der Waals surface area (Å²) in [7, 11) is 0. The van der Waals surface area contributed by atoms with Crippen molar-refractivity contribution in [1.82, 2.24) is 5.32 Å². The summed E-state index contributed by atoms with van der Waals surface area (Å²) < 4.78 is 10.4. The van der Waals surface area contributed by atoms with Crippen molar-refractivity contribution in [3.8, 4) is 0 Å². The highest BCUT2D eigenvalue weighted by atomic mass is 16.6. The van der Waals surface area contributed by atoms with E-state index in [-0.39, 0.29) is 53.7 Å². The number of hydrogen-bond acceptors (Lipinski definition) is 5. The van der Waals surface area contributed by atoms with E-state index in [9.17, 15) is 14.4 Å². The molecular formula is C18H27NO5. The predicted molar refractivity (Wildman–Crippen MR) is 86.1 cm³/mol. The second-order valence-corrected chi connectivity index (χ2v) is 7.50. The number of esters is 1. The maximum atomic E-state index is 12.3. The number of carbonyl (C=O) groups excluding carboxylic acids is 3. The van der Waals surface area contributed by atoms with Crippen LogP contribution in [-0.4, -0.2) is 36.6 Å². The molecule has 2 saturated carbocycles. The van der Waals surface area contributed by atoms with E-state index < -0.39 is 0 Å². The number of ether oxygens (including phenoxy) is 2. The molecule has 0 bridgehead atoms. The van der Waals surface area contributed by atoms with Gasteiger partial charge in [-0.3, -0.25) is 9.59 Å². The lowest BCUT2D eigenvalue weighted by atomic mass is 9.56. The highest BCUT2D eigenvalue weighted by Gasteiger charge is 2.56. The van der Waals surface area contributed by atoms with Gasteiger partial charge in [0, 0.05) is 17.9 Å². The monoisotopic (exact) mass is 337 g/mol. The zero-order valence-electron chi connectivity index (χ0n) is 14.6. The molecule has 6 heteroatoms. The van der Waals surface area contributed by atoms with Crippen LogP contribution < -0.4 is 5.32 Å². The number of amides is 1. The molecule has 3 aliphatic rings. The van der Waals surface area contributed by atoms with E-state index in [1.165, 1.54) is 0 Å². The van der Waals surface area contributed by atoms with Crippen LogP contribution in [0.15, 0.2) is 0 Å². The second-order valence-electron chi connectivity index (χ2n) is 7.50. The van der Waals surface area contributed by atoms with Crippen LogP contribution in [0.1, 0.15) is 46.5 Å². The summed E-state index contributed by atoms with van der Waals surface area (Å²) in [6.45, 7) is 5.68. The Kier molecular flexibility index (Phi) is 4.83. The lowest BCUT2D eigenvalue weighted by Gasteiger charge is -2.47. The summed E-state index contributed by atoms with van der Waals surface area (Å²) in [4.78, 5) is 36.2. The first-order chi connectivity index (χ1) is 11.4. The van der Waals surface area contributed by atoms with Crippen molar-refractivity contribution in [2.45, 2.75) is 58.6 Å². The summed E-state index contributed by atoms with van der Waals surface area (Å²) in [5, 5.41) is 2.91. The molecule has 3 rings (SSSR count). The van der Waals surface area contributed by atoms with E-state index in [1.807, 2.05) is 6.92 Å². The second kappa shape index (κ2) is 6.73. The molecule has 1 heterocycles. The first-order valence-corrected chi connectivity index (χ1v) is 9.06. The molecular weight excluding hydrogens is 310 g/mol. The molecule has 1 unspecified atom stereocenters. The highest BCUT2D eigenvalue weighted by Crippen LogP contribution is 2.53. The van der Waals surface area contributed by atoms with Gasteiger partial charge in [-0.05, 0) is 58.3 Å². The molecule has 134 valence electrons. The molecule has 7 atom stereocenters. The van der Waals surface area contributed by atoms with Crippen LogP contribution in [0, 0.1) is 29.6 Å². The molecule has 0 spiro atoms. The van der Waals surface area contributed by atoms with Gasteiger partial charge in [0.05, 0.1) is 12.5 Å². The summed E-state index contributed by atoms with van der Waals surface area (Å²) in [6.07, 6.45) is 2.77. The van der Waals surface area contributed by atoms with Crippen molar-refractivity contribution in [1.29, 1.82) is 0 Å². The Morgan fingerprint density at radius 1 is 1.29 bits per heavy atom. The lowest BCUT2D eigenvalue weighted by molar-refractivity contribution is -0.144. The quantitative estimate of drug-likeness (QED) is 0.799. The Balaban J connectivity index is 1.74. The maximum absolute atomic E-state index is 12.3. The normalized spacial score (nSPS) is 41.0. The van der Waals surface area contributed by atoms with Gasteiger partial charge in [0.1, 0.15) is 11.9 Å². The summed E-state index contributed by atoms with van der Waals surface area (Å²) in [5.74, 6) is 0.333. The fraction of sp³-hybridized carbons (Fsp3) is 0.833. The zero-order valence-corrected chi connectivity index (χ0v) is 14.6. The number of ketones is 1. The molecule has 24 heavy (non-hydrogen) atoms. The van der Waals surface area contributed by atoms with Crippen LogP contribution in [0.2, 0.25) is 0 Å². The SMILES string of the molecule is CCOC(=O)N[C@@H]1CC[C@@H]2C(C1)C[C@H]1C(=O)O[C@H](C)[C@H]1[C@H]2C(C)=O. The number of nitrogens with one attached hydrogen (secondary N) is 1. The first kappa shape index (κ1) is 17.2. The van der Waals surface area contributed by atoms with Crippen molar-refractivity contribution in [2.24, 2.45) is 29.6 Å². The van der Waals surface area contributed by atoms with Crippen molar-refractivity contribution in [3.63, 3.8) is 0 Å². The van der Waals surface area contributed by atoms with E-state index in [0.29, 0.717) is 12.5 Å². The Morgan fingerprint density at radius 3 is 2.71 bits per heavy atom. The molecule has 2 aliphatic carbocycles. The van der Waals surface area contributed by atoms with Crippen LogP contribution in [0.3, 0.4) is 0 Å². The van der Waals surface area contributed by atoms with Gasteiger partial charge < -0.3 is 14.8 Å². The van der Waals surface area contributed by atoms with E-state index in [1.54, 1.807) is 13.8 Å². The van der Waals surface area contributed by atoms with Crippen molar-refractivity contribution < 1.29 is 23.9 Å². The van der Waals surface area contributed by atoms with E-state index in [2.05, 4.69) is 5.32 Å². The minimum atomic E-state index is -0.383. The molecule has 1 amide bonds. The summed E-state index contributed by atoms with van der Waals surface area (Å²) >= 11 is 0. The van der Waals surface area contributed by atoms with Gasteiger partial charge in [-0.2, -0.15) is 0 Å². The molecule has 0 radical (unpaired) electrons. The molecule has 0 aromatic heterocycles. The Labute approximate surface area is 142 Å². The number of fused-ring (bicyclic) bond motifs is 2. The van der Waals surface area contributed by atoms with Gasteiger partial charge in [-0.15, -0.1) is 0 Å². The average molecular weight is 337 g/mol. The number of carbonyl (C=O) groups is 3. The zero-order chi connectivity index (χ0) is 17.4. The fourth-order valence-corrected chi connectivity index (χ4v) is 5.31. The number of hydrogen-bond donors (Lipinski definition) is 1. The number of alkyl carbamates (subject to hydrolysis) is 1. The summed E-state index contributed by atoms with van der Waals surface area (Å²) in [5.41, 5.74) is 0. The maximum Gasteiger partial charge on any atom is 0.407 e. The van der Waals surface area contributed by atoms with Crippen LogP contribution in [-0.2, 0) is 19.1 Å². The van der Waals surface area contributed by atoms with E-state index >= 15 is 0 Å². The summed E-state index contributed by atoms with van der Waals surface area (Å²) in [6, 6.07) is 0.0595. The van der Waals surface area contributed by atoms with Gasteiger partial charge in [-0.25, -0.2) is 4.79 Å². The van der Waals surface area contributed by atoms with Crippen LogP contribution in [0.4, 0.5) is 4.79 Å². The molecule has 3 fully saturated rings. The Hall–Kier alpha value is -1.59. The first-order valence-electron chi connectivity index (χ1n) is 9.06. The molecule has 0 aromatic carbocycles. The smallest absolute Gasteiger partial charge is 0.407 e. The third kappa shape index (κ3) is 3.03. The Morgan fingerprint density at radius 2 is 2.04 bits per heavy atom. The van der Waals surface area contributed by atoms with Crippen molar-refractivity contribution in [3.05, 3.63) is 0 Å². The van der Waals surface area contributed by atoms with E-state index in [4.69, 9.17) is 9.47 Å². The van der Waals surface area contributed by atoms with Gasteiger partial charge in [0.25, 0.3) is 0 Å². The standard InChI is InChI=1S/C18H27NO5/c1-4-23-18(22)19-12-5-6-13-11(7-12)8-14-16(15(13)9(2)20)10(3)24-17(14)21/h10-16H,4-8H2,1-3H3,(H,19,22)/t10-,11?,12-,13-,14-,15+,16-/m1/s1. The highest BCUT2D eigenvalue weighted by molar-refractivity contribution is 5.83. The number of Topliss-reactive ketones (excluding diaryl/α,β-unsaturated/α-hetero) is 1. The predicted octanol–water partition coefficient (Wildman–Crippen LogP) is 2.30. The Bertz CT molecular complexity index is 534. The molecule has 1 N–H and O–H groups in total. The molecule has 1 saturated heterocycles. The van der Waals surface area contributed by atoms with Crippen molar-refractivity contribution in [2.75, 3.05) is 6.61 Å². The minimum Gasteiger partial charge on any atom is -0.462 e. The third-order valence-corrected chi connectivity index (χ3v) is 6.15. The van der Waals surface area contributed by atoms with E-state index in [0.717, 1.165) is 25.7 Å². The molecule has 0 aromatic rings. The van der Waals surface area contributed by atoms with Gasteiger partial charge in [0.15, 0.2) is 0 Å². The van der Waals surface area contributed by atoms with Gasteiger partial charge in [0.2, 0.25) is 0 Å². The van der Waals surface area contributed by atoms with Crippen LogP contribution in [0.25, 0.3) is 0 Å². The average Bonchev–Trinajstić information content (AvgIpc) is 2.79. The topological polar surface area (TPSA) is 81.7 Å². The lowest BCUT2D eigenvalue weighted by Crippen LogP contribution is -2.50. The fourth-order valence-electron chi connectivity index (χ4n) is 5.31. The largest absolute Gasteiger partial charge is 0.462 e. The number of rotatable bonds is 3. The van der Waals surface area contributed by atoms with Gasteiger partial charge >= 0.3 is 12.1 Å². The van der Waals surface area contributed by atoms with Crippen LogP contribution in [0.5, 0.6) is 0 Å². The minimum absolute atomic E-state index is 0.0193. The van der Waals surface area contributed by atoms with Gasteiger partial charge in [-0.1, -0.05) is 0 Å². The third-order valence-electron chi connectivity index (χ3n) is 6.15. The van der Waals surface area contributed by atoms with Crippen LogP contribution >= 0.6 is 0 Å². The van der Waals surface area contributed by atoms with Crippen molar-refractivity contribution >= 4 is 17.8 Å². The molecule has 1 aliphatic heterocycles.